The lowest BCUT2D eigenvalue weighted by molar-refractivity contribution is -0.120. The first-order chi connectivity index (χ1) is 11.9. The van der Waals surface area contributed by atoms with E-state index in [1.807, 2.05) is 31.2 Å². The van der Waals surface area contributed by atoms with Gasteiger partial charge in [-0.1, -0.05) is 35.9 Å². The van der Waals surface area contributed by atoms with Crippen LogP contribution in [0.1, 0.15) is 18.1 Å². The molecule has 130 valence electrons. The van der Waals surface area contributed by atoms with E-state index < -0.39 is 5.91 Å². The summed E-state index contributed by atoms with van der Waals surface area (Å²) in [7, 11) is 1.51. The number of aryl methyl sites for hydroxylation is 1. The smallest absolute Gasteiger partial charge is 0.272 e. The van der Waals surface area contributed by atoms with Crippen molar-refractivity contribution in [1.82, 2.24) is 5.32 Å². The van der Waals surface area contributed by atoms with Crippen LogP contribution in [0, 0.1) is 6.92 Å². The van der Waals surface area contributed by atoms with Crippen LogP contribution in [0.25, 0.3) is 6.08 Å². The minimum atomic E-state index is -0.445. The van der Waals surface area contributed by atoms with Crippen molar-refractivity contribution in [3.63, 3.8) is 0 Å². The van der Waals surface area contributed by atoms with E-state index in [1.165, 1.54) is 14.0 Å². The molecule has 2 N–H and O–H groups in total. The van der Waals surface area contributed by atoms with Gasteiger partial charge in [-0.25, -0.2) is 0 Å². The van der Waals surface area contributed by atoms with Crippen molar-refractivity contribution in [3.8, 4) is 5.75 Å². The molecule has 0 atom stereocenters. The van der Waals surface area contributed by atoms with Gasteiger partial charge in [0.1, 0.15) is 11.4 Å². The highest BCUT2D eigenvalue weighted by atomic mass is 35.5. The Morgan fingerprint density at radius 3 is 2.48 bits per heavy atom. The van der Waals surface area contributed by atoms with E-state index in [0.717, 1.165) is 11.1 Å². The number of amides is 2. The SMILES string of the molecule is COc1ccc(NC(=O)C(=Cc2ccccc2C)NC(C)=O)cc1Cl. The monoisotopic (exact) mass is 358 g/mol. The number of anilines is 1. The molecule has 25 heavy (non-hydrogen) atoms. The second-order valence-corrected chi connectivity index (χ2v) is 5.81. The number of carbonyl (C=O) groups excluding carboxylic acids is 2. The van der Waals surface area contributed by atoms with Gasteiger partial charge in [-0.2, -0.15) is 0 Å². The highest BCUT2D eigenvalue weighted by Gasteiger charge is 2.13. The van der Waals surface area contributed by atoms with Gasteiger partial charge in [0, 0.05) is 12.6 Å². The molecular formula is C19H19ClN2O3. The summed E-state index contributed by atoms with van der Waals surface area (Å²) in [5.74, 6) is -0.264. The first-order valence-electron chi connectivity index (χ1n) is 7.60. The number of methoxy groups -OCH3 is 1. The predicted molar refractivity (Wildman–Crippen MR) is 99.6 cm³/mol. The molecule has 0 aliphatic rings. The molecule has 5 nitrogen and oxygen atoms in total. The summed E-state index contributed by atoms with van der Waals surface area (Å²) >= 11 is 6.07. The summed E-state index contributed by atoms with van der Waals surface area (Å²) < 4.78 is 5.08. The maximum atomic E-state index is 12.6. The Kier molecular flexibility index (Phi) is 6.19. The van der Waals surface area contributed by atoms with Gasteiger partial charge >= 0.3 is 0 Å². The fourth-order valence-electron chi connectivity index (χ4n) is 2.19. The Morgan fingerprint density at radius 2 is 1.88 bits per heavy atom. The maximum absolute atomic E-state index is 12.6. The zero-order chi connectivity index (χ0) is 18.4. The first-order valence-corrected chi connectivity index (χ1v) is 7.98. The number of hydrogen-bond acceptors (Lipinski definition) is 3. The fraction of sp³-hybridized carbons (Fsp3) is 0.158. The van der Waals surface area contributed by atoms with Gasteiger partial charge in [0.25, 0.3) is 5.91 Å². The van der Waals surface area contributed by atoms with E-state index >= 15 is 0 Å². The predicted octanol–water partition coefficient (Wildman–Crippen LogP) is 3.77. The molecule has 0 fully saturated rings. The Balaban J connectivity index is 2.28. The number of halogens is 1. The minimum Gasteiger partial charge on any atom is -0.495 e. The van der Waals surface area contributed by atoms with Gasteiger partial charge < -0.3 is 15.4 Å². The van der Waals surface area contributed by atoms with Crippen molar-refractivity contribution >= 4 is 35.2 Å². The third kappa shape index (κ3) is 5.09. The molecular weight excluding hydrogens is 340 g/mol. The quantitative estimate of drug-likeness (QED) is 0.799. The van der Waals surface area contributed by atoms with Crippen LogP contribution < -0.4 is 15.4 Å². The van der Waals surface area contributed by atoms with E-state index in [1.54, 1.807) is 24.3 Å². The van der Waals surface area contributed by atoms with Gasteiger partial charge in [0.05, 0.1) is 12.1 Å². The molecule has 0 bridgehead atoms. The van der Waals surface area contributed by atoms with Crippen LogP contribution in [0.5, 0.6) is 5.75 Å². The fourth-order valence-corrected chi connectivity index (χ4v) is 2.45. The molecule has 0 unspecified atom stereocenters. The largest absolute Gasteiger partial charge is 0.495 e. The lowest BCUT2D eigenvalue weighted by atomic mass is 10.1. The topological polar surface area (TPSA) is 67.4 Å². The third-order valence-corrected chi connectivity index (χ3v) is 3.75. The molecule has 0 aromatic heterocycles. The van der Waals surface area contributed by atoms with E-state index in [2.05, 4.69) is 10.6 Å². The van der Waals surface area contributed by atoms with Gasteiger partial charge in [-0.15, -0.1) is 0 Å². The van der Waals surface area contributed by atoms with Crippen LogP contribution in [0.2, 0.25) is 5.02 Å². The van der Waals surface area contributed by atoms with Crippen molar-refractivity contribution in [2.24, 2.45) is 0 Å². The minimum absolute atomic E-state index is 0.147. The Bertz CT molecular complexity index is 831. The summed E-state index contributed by atoms with van der Waals surface area (Å²) in [6.07, 6.45) is 1.64. The van der Waals surface area contributed by atoms with Gasteiger partial charge in [0.15, 0.2) is 0 Å². The van der Waals surface area contributed by atoms with Crippen molar-refractivity contribution in [2.45, 2.75) is 13.8 Å². The zero-order valence-corrected chi connectivity index (χ0v) is 15.0. The van der Waals surface area contributed by atoms with E-state index in [0.29, 0.717) is 16.5 Å². The molecule has 0 spiro atoms. The molecule has 0 heterocycles. The number of nitrogens with one attached hydrogen (secondary N) is 2. The summed E-state index contributed by atoms with van der Waals surface area (Å²) in [5, 5.41) is 5.66. The van der Waals surface area contributed by atoms with Crippen LogP contribution in [0.4, 0.5) is 5.69 Å². The van der Waals surface area contributed by atoms with E-state index in [4.69, 9.17) is 16.3 Å². The number of rotatable bonds is 5. The molecule has 2 aromatic carbocycles. The molecule has 2 aromatic rings. The maximum Gasteiger partial charge on any atom is 0.272 e. The molecule has 0 radical (unpaired) electrons. The summed E-state index contributed by atoms with van der Waals surface area (Å²) in [6.45, 7) is 3.28. The average Bonchev–Trinajstić information content (AvgIpc) is 2.56. The summed E-state index contributed by atoms with van der Waals surface area (Å²) in [6, 6.07) is 12.5. The normalized spacial score (nSPS) is 11.0. The van der Waals surface area contributed by atoms with Gasteiger partial charge in [-0.05, 0) is 42.3 Å². The Hall–Kier alpha value is -2.79. The molecule has 2 rings (SSSR count). The number of carbonyl (C=O) groups is 2. The second kappa shape index (κ2) is 8.35. The van der Waals surface area contributed by atoms with Crippen LogP contribution in [-0.4, -0.2) is 18.9 Å². The zero-order valence-electron chi connectivity index (χ0n) is 14.2. The molecule has 0 saturated heterocycles. The second-order valence-electron chi connectivity index (χ2n) is 5.40. The van der Waals surface area contributed by atoms with Crippen molar-refractivity contribution in [3.05, 3.63) is 64.3 Å². The van der Waals surface area contributed by atoms with Crippen molar-refractivity contribution in [2.75, 3.05) is 12.4 Å². The average molecular weight is 359 g/mol. The number of hydrogen-bond donors (Lipinski definition) is 2. The molecule has 2 amide bonds. The van der Waals surface area contributed by atoms with Gasteiger partial charge in [0.2, 0.25) is 5.91 Å². The van der Waals surface area contributed by atoms with E-state index in [-0.39, 0.29) is 11.6 Å². The van der Waals surface area contributed by atoms with Crippen LogP contribution in [-0.2, 0) is 9.59 Å². The van der Waals surface area contributed by atoms with Crippen LogP contribution in [0.15, 0.2) is 48.2 Å². The van der Waals surface area contributed by atoms with E-state index in [9.17, 15) is 9.59 Å². The standard InChI is InChI=1S/C19H19ClN2O3/c1-12-6-4-5-7-14(12)10-17(21-13(2)23)19(24)22-15-8-9-18(25-3)16(20)11-15/h4-11H,1-3H3,(H,21,23)(H,22,24). The van der Waals surface area contributed by atoms with Crippen molar-refractivity contribution < 1.29 is 14.3 Å². The van der Waals surface area contributed by atoms with Gasteiger partial charge in [-0.3, -0.25) is 9.59 Å². The molecule has 6 heteroatoms. The third-order valence-electron chi connectivity index (χ3n) is 3.45. The molecule has 0 aliphatic carbocycles. The molecule has 0 aliphatic heterocycles. The number of ether oxygens (including phenoxy) is 1. The highest BCUT2D eigenvalue weighted by molar-refractivity contribution is 6.32. The Morgan fingerprint density at radius 1 is 1.16 bits per heavy atom. The van der Waals surface area contributed by atoms with Crippen molar-refractivity contribution in [1.29, 1.82) is 0 Å². The van der Waals surface area contributed by atoms with Crippen LogP contribution in [0.3, 0.4) is 0 Å². The van der Waals surface area contributed by atoms with Crippen LogP contribution >= 0.6 is 11.6 Å². The first kappa shape index (κ1) is 18.5. The lowest BCUT2D eigenvalue weighted by Gasteiger charge is -2.11. The lowest BCUT2D eigenvalue weighted by Crippen LogP contribution is -2.29. The number of benzene rings is 2. The Labute approximate surface area is 151 Å². The summed E-state index contributed by atoms with van der Waals surface area (Å²) in [4.78, 5) is 24.0. The summed E-state index contributed by atoms with van der Waals surface area (Å²) in [5.41, 5.74) is 2.48. The highest BCUT2D eigenvalue weighted by Crippen LogP contribution is 2.27. The molecule has 0 saturated carbocycles.